The highest BCUT2D eigenvalue weighted by Gasteiger charge is 2.19. The molecule has 450 valence electrons. The van der Waals surface area contributed by atoms with Crippen molar-refractivity contribution in [2.24, 2.45) is 0 Å². The number of carbonyl (C=O) groups excluding carboxylic acids is 3. The SMILES string of the molecule is CC/C=C\C/C=C\C/C=C\C/C=C\CCCCCCCCC(=O)OC(COC(=O)CCCCCCCCCC/C=C\C/C=C\C/C=C\CCCCCCC)COC(=O)CCCCCCCCCCCCCCCCCCCC. The number of rotatable bonds is 61. The minimum Gasteiger partial charge on any atom is -0.462 e. The van der Waals surface area contributed by atoms with Crippen molar-refractivity contribution in [3.63, 3.8) is 0 Å². The number of ether oxygens (including phenoxy) is 3. The zero-order valence-electron chi connectivity index (χ0n) is 51.7. The maximum Gasteiger partial charge on any atom is 0.306 e. The number of carbonyl (C=O) groups is 3. The second kappa shape index (κ2) is 66.1. The maximum absolute atomic E-state index is 12.9. The van der Waals surface area contributed by atoms with Gasteiger partial charge in [0.05, 0.1) is 0 Å². The van der Waals surface area contributed by atoms with Crippen molar-refractivity contribution in [2.45, 2.75) is 341 Å². The summed E-state index contributed by atoms with van der Waals surface area (Å²) in [5.74, 6) is -0.887. The van der Waals surface area contributed by atoms with E-state index in [-0.39, 0.29) is 31.1 Å². The summed E-state index contributed by atoms with van der Waals surface area (Å²) < 4.78 is 17.0. The van der Waals surface area contributed by atoms with Gasteiger partial charge >= 0.3 is 17.9 Å². The first kappa shape index (κ1) is 74.6. The highest BCUT2D eigenvalue weighted by molar-refractivity contribution is 5.71. The molecular formula is C72H126O6. The molecule has 0 aromatic heterocycles. The van der Waals surface area contributed by atoms with Crippen LogP contribution in [0.2, 0.25) is 0 Å². The molecule has 6 nitrogen and oxygen atoms in total. The Balaban J connectivity index is 4.39. The standard InChI is InChI=1S/C72H126O6/c1-4-7-10-13-16-19-22-25-28-31-34-35-36-37-39-41-44-47-50-53-56-59-62-65-71(74)77-68-69(67-76-70(73)64-61-58-55-52-49-46-43-40-33-30-27-24-21-18-15-12-9-6-3)78-72(75)66-63-60-57-54-51-48-45-42-38-32-29-26-23-20-17-14-11-8-5-2/h8,11,17,20,22,25-26,29,31,34,36-38,42,69H,4-7,9-10,12-16,18-19,21,23-24,27-28,30,32-33,35,39-41,43-68H2,1-3H3/b11-8-,20-17-,25-22-,29-26-,34-31-,37-36-,42-38-. The van der Waals surface area contributed by atoms with Gasteiger partial charge in [-0.25, -0.2) is 0 Å². The fraction of sp³-hybridized carbons (Fsp3) is 0.764. The van der Waals surface area contributed by atoms with Crippen molar-refractivity contribution in [1.29, 1.82) is 0 Å². The molecule has 0 aromatic carbocycles. The molecule has 0 amide bonds. The predicted molar refractivity (Wildman–Crippen MR) is 339 cm³/mol. The van der Waals surface area contributed by atoms with Gasteiger partial charge in [0.2, 0.25) is 0 Å². The Morgan fingerprint density at radius 1 is 0.269 bits per heavy atom. The molecule has 1 unspecified atom stereocenters. The molecule has 0 rings (SSSR count). The number of unbranched alkanes of at least 4 members (excludes halogenated alkanes) is 36. The molecule has 78 heavy (non-hydrogen) atoms. The third-order valence-corrected chi connectivity index (χ3v) is 14.6. The Labute approximate surface area is 484 Å². The van der Waals surface area contributed by atoms with E-state index in [1.165, 1.54) is 180 Å². The second-order valence-electron chi connectivity index (χ2n) is 22.4. The summed E-state index contributed by atoms with van der Waals surface area (Å²) >= 11 is 0. The van der Waals surface area contributed by atoms with Gasteiger partial charge in [0, 0.05) is 19.3 Å². The second-order valence-corrected chi connectivity index (χ2v) is 22.4. The fourth-order valence-corrected chi connectivity index (χ4v) is 9.62. The summed E-state index contributed by atoms with van der Waals surface area (Å²) in [6, 6.07) is 0. The molecule has 0 saturated carbocycles. The number of hydrogen-bond acceptors (Lipinski definition) is 6. The summed E-state index contributed by atoms with van der Waals surface area (Å²) in [5, 5.41) is 0. The van der Waals surface area contributed by atoms with Crippen LogP contribution < -0.4 is 0 Å². The predicted octanol–water partition coefficient (Wildman–Crippen LogP) is 23.1. The van der Waals surface area contributed by atoms with Gasteiger partial charge in [0.25, 0.3) is 0 Å². The maximum atomic E-state index is 12.9. The van der Waals surface area contributed by atoms with Crippen LogP contribution in [0.15, 0.2) is 85.1 Å². The van der Waals surface area contributed by atoms with Gasteiger partial charge in [-0.3, -0.25) is 14.4 Å². The summed E-state index contributed by atoms with van der Waals surface area (Å²) in [6.07, 6.45) is 87.3. The fourth-order valence-electron chi connectivity index (χ4n) is 9.62. The molecule has 0 saturated heterocycles. The molecular weight excluding hydrogens is 961 g/mol. The number of esters is 3. The average molecular weight is 1090 g/mol. The molecule has 0 heterocycles. The van der Waals surface area contributed by atoms with Gasteiger partial charge in [-0.1, -0.05) is 305 Å². The number of hydrogen-bond donors (Lipinski definition) is 0. The third-order valence-electron chi connectivity index (χ3n) is 14.6. The Kier molecular flexibility index (Phi) is 63.2. The minimum absolute atomic E-state index is 0.0821. The van der Waals surface area contributed by atoms with Crippen LogP contribution in [0, 0.1) is 0 Å². The van der Waals surface area contributed by atoms with Gasteiger partial charge in [-0.2, -0.15) is 0 Å². The number of allylic oxidation sites excluding steroid dienone is 14. The lowest BCUT2D eigenvalue weighted by molar-refractivity contribution is -0.167. The van der Waals surface area contributed by atoms with E-state index in [0.717, 1.165) is 116 Å². The van der Waals surface area contributed by atoms with Crippen molar-refractivity contribution in [2.75, 3.05) is 13.2 Å². The van der Waals surface area contributed by atoms with Gasteiger partial charge in [-0.05, 0) is 96.3 Å². The topological polar surface area (TPSA) is 78.9 Å². The molecule has 0 aliphatic rings. The lowest BCUT2D eigenvalue weighted by atomic mass is 10.0. The molecule has 0 fully saturated rings. The lowest BCUT2D eigenvalue weighted by Crippen LogP contribution is -2.30. The zero-order chi connectivity index (χ0) is 56.4. The Hall–Kier alpha value is -3.41. The van der Waals surface area contributed by atoms with E-state index in [0.29, 0.717) is 19.3 Å². The van der Waals surface area contributed by atoms with Crippen molar-refractivity contribution < 1.29 is 28.6 Å². The molecule has 0 bridgehead atoms. The summed E-state index contributed by atoms with van der Waals surface area (Å²) in [5.41, 5.74) is 0. The highest BCUT2D eigenvalue weighted by Crippen LogP contribution is 2.17. The van der Waals surface area contributed by atoms with E-state index < -0.39 is 6.10 Å². The highest BCUT2D eigenvalue weighted by atomic mass is 16.6. The van der Waals surface area contributed by atoms with Crippen LogP contribution in [0.25, 0.3) is 0 Å². The van der Waals surface area contributed by atoms with Crippen molar-refractivity contribution in [1.82, 2.24) is 0 Å². The van der Waals surface area contributed by atoms with Crippen LogP contribution in [0.3, 0.4) is 0 Å². The van der Waals surface area contributed by atoms with Crippen LogP contribution in [0.4, 0.5) is 0 Å². The molecule has 1 atom stereocenters. The minimum atomic E-state index is -0.788. The van der Waals surface area contributed by atoms with Gasteiger partial charge in [-0.15, -0.1) is 0 Å². The van der Waals surface area contributed by atoms with Crippen LogP contribution in [0.1, 0.15) is 335 Å². The normalized spacial score (nSPS) is 12.6. The quantitative estimate of drug-likeness (QED) is 0.0261. The molecule has 0 aliphatic heterocycles. The first-order chi connectivity index (χ1) is 38.5. The smallest absolute Gasteiger partial charge is 0.306 e. The van der Waals surface area contributed by atoms with E-state index in [1.54, 1.807) is 0 Å². The van der Waals surface area contributed by atoms with E-state index in [1.807, 2.05) is 0 Å². The Morgan fingerprint density at radius 2 is 0.500 bits per heavy atom. The average Bonchev–Trinajstić information content (AvgIpc) is 3.44. The van der Waals surface area contributed by atoms with E-state index in [2.05, 4.69) is 106 Å². The summed E-state index contributed by atoms with van der Waals surface area (Å²) in [6.45, 7) is 6.55. The lowest BCUT2D eigenvalue weighted by Gasteiger charge is -2.18. The van der Waals surface area contributed by atoms with Crippen LogP contribution in [-0.2, 0) is 28.6 Å². The van der Waals surface area contributed by atoms with E-state index >= 15 is 0 Å². The summed E-state index contributed by atoms with van der Waals surface area (Å²) in [4.78, 5) is 38.4. The third kappa shape index (κ3) is 63.4. The molecule has 6 heteroatoms. The van der Waals surface area contributed by atoms with Crippen LogP contribution in [0.5, 0.6) is 0 Å². The molecule has 0 radical (unpaired) electrons. The van der Waals surface area contributed by atoms with E-state index in [4.69, 9.17) is 14.2 Å². The van der Waals surface area contributed by atoms with Crippen LogP contribution >= 0.6 is 0 Å². The van der Waals surface area contributed by atoms with Crippen molar-refractivity contribution in [3.8, 4) is 0 Å². The Bertz CT molecular complexity index is 1480. The van der Waals surface area contributed by atoms with Crippen LogP contribution in [-0.4, -0.2) is 37.2 Å². The van der Waals surface area contributed by atoms with Gasteiger partial charge in [0.1, 0.15) is 13.2 Å². The summed E-state index contributed by atoms with van der Waals surface area (Å²) in [7, 11) is 0. The Morgan fingerprint density at radius 3 is 0.782 bits per heavy atom. The largest absolute Gasteiger partial charge is 0.462 e. The van der Waals surface area contributed by atoms with Crippen molar-refractivity contribution >= 4 is 17.9 Å². The first-order valence-corrected chi connectivity index (χ1v) is 33.6. The first-order valence-electron chi connectivity index (χ1n) is 33.6. The zero-order valence-corrected chi connectivity index (χ0v) is 51.7. The molecule has 0 aromatic rings. The van der Waals surface area contributed by atoms with Gasteiger partial charge < -0.3 is 14.2 Å². The van der Waals surface area contributed by atoms with Crippen molar-refractivity contribution in [3.05, 3.63) is 85.1 Å². The molecule has 0 aliphatic carbocycles. The van der Waals surface area contributed by atoms with E-state index in [9.17, 15) is 14.4 Å². The molecule has 0 spiro atoms. The van der Waals surface area contributed by atoms with Gasteiger partial charge in [0.15, 0.2) is 6.10 Å². The molecule has 0 N–H and O–H groups in total. The monoisotopic (exact) mass is 1090 g/mol.